The molecule has 0 aliphatic carbocycles. The molecule has 2 aromatic rings. The summed E-state index contributed by atoms with van der Waals surface area (Å²) < 4.78 is 5.56. The molecule has 0 radical (unpaired) electrons. The van der Waals surface area contributed by atoms with Crippen LogP contribution < -0.4 is 5.73 Å². The van der Waals surface area contributed by atoms with Crippen LogP contribution in [0.4, 0.5) is 0 Å². The molecule has 0 amide bonds. The lowest BCUT2D eigenvalue weighted by molar-refractivity contribution is -0.120. The monoisotopic (exact) mass is 298 g/mol. The van der Waals surface area contributed by atoms with Crippen molar-refractivity contribution in [3.8, 4) is 0 Å². The van der Waals surface area contributed by atoms with Gasteiger partial charge in [-0.3, -0.25) is 9.78 Å². The van der Waals surface area contributed by atoms with E-state index in [1.54, 1.807) is 30.2 Å². The number of nitrogens with two attached hydrogens (primary N) is 1. The lowest BCUT2D eigenvalue weighted by Gasteiger charge is -2.09. The molecule has 1 atom stereocenters. The Hall–Kier alpha value is -2.27. The molecule has 1 unspecified atom stereocenters. The van der Waals surface area contributed by atoms with Crippen molar-refractivity contribution in [3.63, 3.8) is 0 Å². The molecule has 2 heterocycles. The second kappa shape index (κ2) is 5.61. The number of Topliss-reactive ketones (excluding diaryl/α,β-unsaturated/α-hetero) is 1. The first-order chi connectivity index (χ1) is 10.2. The number of aromatic nitrogens is 1. The van der Waals surface area contributed by atoms with Crippen molar-refractivity contribution in [2.45, 2.75) is 11.0 Å². The Bertz CT molecular complexity index is 713. The highest BCUT2D eigenvalue weighted by Gasteiger charge is 2.36. The summed E-state index contributed by atoms with van der Waals surface area (Å²) in [6.45, 7) is 0. The van der Waals surface area contributed by atoms with Crippen LogP contribution in [0.15, 0.2) is 59.6 Å². The van der Waals surface area contributed by atoms with E-state index >= 15 is 0 Å². The van der Waals surface area contributed by atoms with E-state index in [9.17, 15) is 4.79 Å². The number of ketones is 1. The maximum Gasteiger partial charge on any atom is 0.214 e. The molecule has 21 heavy (non-hydrogen) atoms. The van der Waals surface area contributed by atoms with Crippen molar-refractivity contribution in [1.82, 2.24) is 4.98 Å². The average molecular weight is 298 g/mol. The van der Waals surface area contributed by atoms with Crippen molar-refractivity contribution >= 4 is 23.1 Å². The smallest absolute Gasteiger partial charge is 0.214 e. The number of carbonyl (C=O) groups excluding carboxylic acids is 1. The van der Waals surface area contributed by atoms with Gasteiger partial charge in [0.05, 0.1) is 5.57 Å². The number of hydrogen-bond donors (Lipinski definition) is 1. The van der Waals surface area contributed by atoms with Crippen LogP contribution in [0.2, 0.25) is 0 Å². The van der Waals surface area contributed by atoms with Crippen LogP contribution in [0.5, 0.6) is 0 Å². The highest BCUT2D eigenvalue weighted by Crippen LogP contribution is 2.36. The Balaban J connectivity index is 1.96. The van der Waals surface area contributed by atoms with Gasteiger partial charge in [-0.25, -0.2) is 0 Å². The van der Waals surface area contributed by atoms with E-state index in [0.29, 0.717) is 11.1 Å². The fraction of sp³-hybridized carbons (Fsp3) is 0.125. The molecule has 1 aliphatic heterocycles. The zero-order valence-corrected chi connectivity index (χ0v) is 12.3. The van der Waals surface area contributed by atoms with Crippen LogP contribution in [0, 0.1) is 0 Å². The molecule has 2 N–H and O–H groups in total. The summed E-state index contributed by atoms with van der Waals surface area (Å²) in [5, 5.41) is 0. The molecular formula is C16H14N2O2S. The Morgan fingerprint density at radius 3 is 2.86 bits per heavy atom. The summed E-state index contributed by atoms with van der Waals surface area (Å²) in [4.78, 5) is 17.7. The zero-order chi connectivity index (χ0) is 14.8. The van der Waals surface area contributed by atoms with Gasteiger partial charge in [0, 0.05) is 22.9 Å². The number of thioether (sulfide) groups is 1. The Morgan fingerprint density at radius 2 is 2.14 bits per heavy atom. The largest absolute Gasteiger partial charge is 0.462 e. The third kappa shape index (κ3) is 2.52. The van der Waals surface area contributed by atoms with Crippen LogP contribution in [-0.2, 0) is 9.53 Å². The Morgan fingerprint density at radius 1 is 1.29 bits per heavy atom. The summed E-state index contributed by atoms with van der Waals surface area (Å²) >= 11 is 1.62. The van der Waals surface area contributed by atoms with Gasteiger partial charge in [0.1, 0.15) is 0 Å². The van der Waals surface area contributed by atoms with Gasteiger partial charge in [-0.15, -0.1) is 11.8 Å². The minimum absolute atomic E-state index is 0.126. The van der Waals surface area contributed by atoms with Crippen molar-refractivity contribution in [2.75, 3.05) is 6.26 Å². The van der Waals surface area contributed by atoms with Crippen LogP contribution in [0.1, 0.15) is 17.2 Å². The van der Waals surface area contributed by atoms with Crippen molar-refractivity contribution in [1.29, 1.82) is 0 Å². The van der Waals surface area contributed by atoms with Crippen LogP contribution in [0.3, 0.4) is 0 Å². The standard InChI is InChI=1S/C16H14N2O2S/c1-21-12-6-2-4-10(8-12)13-14(19)15(20-16(13)17)11-5-3-7-18-9-11/h2-9,15H,17H2,1H3. The minimum Gasteiger partial charge on any atom is -0.462 e. The highest BCUT2D eigenvalue weighted by molar-refractivity contribution is 7.98. The maximum atomic E-state index is 12.6. The highest BCUT2D eigenvalue weighted by atomic mass is 32.2. The van der Waals surface area contributed by atoms with Gasteiger partial charge in [0.25, 0.3) is 0 Å². The van der Waals surface area contributed by atoms with Gasteiger partial charge in [0.2, 0.25) is 5.78 Å². The summed E-state index contributed by atoms with van der Waals surface area (Å²) in [5.74, 6) is 0.0471. The molecule has 0 fully saturated rings. The number of hydrogen-bond acceptors (Lipinski definition) is 5. The van der Waals surface area contributed by atoms with E-state index in [1.165, 1.54) is 0 Å². The van der Waals surface area contributed by atoms with Crippen molar-refractivity contribution < 1.29 is 9.53 Å². The molecule has 0 saturated heterocycles. The second-order valence-electron chi connectivity index (χ2n) is 4.62. The van der Waals surface area contributed by atoms with E-state index in [4.69, 9.17) is 10.5 Å². The lowest BCUT2D eigenvalue weighted by Crippen LogP contribution is -2.09. The zero-order valence-electron chi connectivity index (χ0n) is 11.4. The third-order valence-corrected chi connectivity index (χ3v) is 4.05. The molecular weight excluding hydrogens is 284 g/mol. The number of ether oxygens (including phenoxy) is 1. The maximum absolute atomic E-state index is 12.6. The van der Waals surface area contributed by atoms with Crippen molar-refractivity contribution in [2.24, 2.45) is 5.73 Å². The third-order valence-electron chi connectivity index (χ3n) is 3.32. The van der Waals surface area contributed by atoms with Gasteiger partial charge in [-0.2, -0.15) is 0 Å². The van der Waals surface area contributed by atoms with Gasteiger partial charge >= 0.3 is 0 Å². The quantitative estimate of drug-likeness (QED) is 0.883. The van der Waals surface area contributed by atoms with Crippen LogP contribution >= 0.6 is 11.8 Å². The van der Waals surface area contributed by atoms with Crippen molar-refractivity contribution in [3.05, 3.63) is 65.8 Å². The summed E-state index contributed by atoms with van der Waals surface area (Å²) in [5.41, 5.74) is 7.87. The first kappa shape index (κ1) is 13.7. The van der Waals surface area contributed by atoms with Crippen LogP contribution in [-0.4, -0.2) is 17.0 Å². The Labute approximate surface area is 127 Å². The molecule has 1 aromatic heterocycles. The molecule has 0 bridgehead atoms. The molecule has 106 valence electrons. The number of carbonyl (C=O) groups is 1. The van der Waals surface area contributed by atoms with Gasteiger partial charge < -0.3 is 10.5 Å². The predicted molar refractivity (Wildman–Crippen MR) is 82.4 cm³/mol. The molecule has 1 aromatic carbocycles. The fourth-order valence-corrected chi connectivity index (χ4v) is 2.76. The topological polar surface area (TPSA) is 65.2 Å². The average Bonchev–Trinajstić information content (AvgIpc) is 2.83. The Kier molecular flexibility index (Phi) is 3.66. The van der Waals surface area contributed by atoms with E-state index in [-0.39, 0.29) is 11.7 Å². The minimum atomic E-state index is -0.702. The van der Waals surface area contributed by atoms with E-state index in [2.05, 4.69) is 4.98 Å². The molecule has 0 saturated carbocycles. The summed E-state index contributed by atoms with van der Waals surface area (Å²) in [7, 11) is 0. The molecule has 5 heteroatoms. The molecule has 1 aliphatic rings. The molecule has 3 rings (SSSR count). The normalized spacial score (nSPS) is 18.0. The molecule has 4 nitrogen and oxygen atoms in total. The second-order valence-corrected chi connectivity index (χ2v) is 5.50. The summed E-state index contributed by atoms with van der Waals surface area (Å²) in [6.07, 6.45) is 4.56. The SMILES string of the molecule is CSc1cccc(C2=C(N)OC(c3cccnc3)C2=O)c1. The summed E-state index contributed by atoms with van der Waals surface area (Å²) in [6, 6.07) is 11.3. The van der Waals surface area contributed by atoms with E-state index in [0.717, 1.165) is 10.5 Å². The van der Waals surface area contributed by atoms with E-state index in [1.807, 2.05) is 36.6 Å². The molecule has 0 spiro atoms. The lowest BCUT2D eigenvalue weighted by atomic mass is 9.98. The van der Waals surface area contributed by atoms with Gasteiger partial charge in [-0.1, -0.05) is 18.2 Å². The van der Waals surface area contributed by atoms with Gasteiger partial charge in [0.15, 0.2) is 12.0 Å². The van der Waals surface area contributed by atoms with Gasteiger partial charge in [-0.05, 0) is 30.0 Å². The predicted octanol–water partition coefficient (Wildman–Crippen LogP) is 2.77. The number of pyridine rings is 1. The van der Waals surface area contributed by atoms with E-state index < -0.39 is 6.10 Å². The first-order valence-corrected chi connectivity index (χ1v) is 7.68. The number of nitrogens with zero attached hydrogens (tertiary/aromatic N) is 1. The van der Waals surface area contributed by atoms with Crippen LogP contribution in [0.25, 0.3) is 5.57 Å². The first-order valence-electron chi connectivity index (χ1n) is 6.45. The number of benzene rings is 1. The fourth-order valence-electron chi connectivity index (χ4n) is 2.31. The number of rotatable bonds is 3.